The van der Waals surface area contributed by atoms with Crippen molar-refractivity contribution in [2.24, 2.45) is 0 Å². The Kier molecular flexibility index (Phi) is 3.43. The highest BCUT2D eigenvalue weighted by molar-refractivity contribution is 5.69. The van der Waals surface area contributed by atoms with Gasteiger partial charge >= 0.3 is 5.97 Å². The molecular formula is C16H23NO2. The van der Waals surface area contributed by atoms with E-state index in [1.807, 2.05) is 26.2 Å². The van der Waals surface area contributed by atoms with Crippen molar-refractivity contribution < 1.29 is 9.90 Å². The largest absolute Gasteiger partial charge is 0.481 e. The van der Waals surface area contributed by atoms with Gasteiger partial charge < -0.3 is 5.11 Å². The molecule has 1 unspecified atom stereocenters. The number of fused-ring (bicyclic) bond motifs is 1. The van der Waals surface area contributed by atoms with Crippen LogP contribution in [0.4, 0.5) is 0 Å². The van der Waals surface area contributed by atoms with Gasteiger partial charge in [0.05, 0.1) is 12.0 Å². The first-order chi connectivity index (χ1) is 8.79. The predicted molar refractivity (Wildman–Crippen MR) is 76.3 cm³/mol. The van der Waals surface area contributed by atoms with Gasteiger partial charge in [0.15, 0.2) is 0 Å². The SMILES string of the molecule is CN(C)C1(CC(=O)O)CCC(C)(C)c2ccccc21. The molecule has 0 aromatic heterocycles. The highest BCUT2D eigenvalue weighted by Gasteiger charge is 2.45. The zero-order valence-electron chi connectivity index (χ0n) is 12.2. The number of rotatable bonds is 3. The van der Waals surface area contributed by atoms with E-state index in [4.69, 9.17) is 0 Å². The summed E-state index contributed by atoms with van der Waals surface area (Å²) in [4.78, 5) is 13.4. The van der Waals surface area contributed by atoms with E-state index in [0.29, 0.717) is 0 Å². The van der Waals surface area contributed by atoms with Crippen LogP contribution in [0.25, 0.3) is 0 Å². The van der Waals surface area contributed by atoms with Crippen molar-refractivity contribution in [2.75, 3.05) is 14.1 Å². The Hall–Kier alpha value is -1.35. The molecule has 1 N–H and O–H groups in total. The fourth-order valence-corrected chi connectivity index (χ4v) is 3.32. The maximum Gasteiger partial charge on any atom is 0.305 e. The molecule has 0 bridgehead atoms. The first kappa shape index (κ1) is 14.1. The highest BCUT2D eigenvalue weighted by Crippen LogP contribution is 2.48. The van der Waals surface area contributed by atoms with Crippen LogP contribution < -0.4 is 0 Å². The van der Waals surface area contributed by atoms with Gasteiger partial charge in [-0.15, -0.1) is 0 Å². The van der Waals surface area contributed by atoms with Gasteiger partial charge in [0.1, 0.15) is 0 Å². The van der Waals surface area contributed by atoms with Crippen molar-refractivity contribution in [3.63, 3.8) is 0 Å². The normalized spacial score (nSPS) is 25.1. The maximum absolute atomic E-state index is 11.3. The molecule has 2 rings (SSSR count). The number of benzene rings is 1. The molecule has 0 aliphatic heterocycles. The number of aliphatic carboxylic acids is 1. The lowest BCUT2D eigenvalue weighted by Gasteiger charge is -2.48. The van der Waals surface area contributed by atoms with E-state index < -0.39 is 5.97 Å². The molecule has 3 heteroatoms. The monoisotopic (exact) mass is 261 g/mol. The third-order valence-corrected chi connectivity index (χ3v) is 4.62. The van der Waals surface area contributed by atoms with Crippen LogP contribution in [0.5, 0.6) is 0 Å². The van der Waals surface area contributed by atoms with Crippen LogP contribution >= 0.6 is 0 Å². The minimum atomic E-state index is -0.733. The van der Waals surface area contributed by atoms with Gasteiger partial charge in [-0.1, -0.05) is 38.1 Å². The summed E-state index contributed by atoms with van der Waals surface area (Å²) in [5.41, 5.74) is 2.21. The molecule has 0 fully saturated rings. The summed E-state index contributed by atoms with van der Waals surface area (Å²) in [5, 5.41) is 9.31. The smallest absolute Gasteiger partial charge is 0.305 e. The van der Waals surface area contributed by atoms with E-state index in [2.05, 4.69) is 30.9 Å². The molecule has 104 valence electrons. The van der Waals surface area contributed by atoms with E-state index in [-0.39, 0.29) is 17.4 Å². The average Bonchev–Trinajstić information content (AvgIpc) is 2.33. The molecule has 1 aromatic rings. The maximum atomic E-state index is 11.3. The first-order valence-electron chi connectivity index (χ1n) is 6.79. The van der Waals surface area contributed by atoms with Gasteiger partial charge in [0.25, 0.3) is 0 Å². The lowest BCUT2D eigenvalue weighted by atomic mass is 9.64. The molecule has 0 spiro atoms. The van der Waals surface area contributed by atoms with Crippen LogP contribution in [0.1, 0.15) is 44.2 Å². The van der Waals surface area contributed by atoms with E-state index in [1.165, 1.54) is 11.1 Å². The van der Waals surface area contributed by atoms with Crippen LogP contribution in [0.3, 0.4) is 0 Å². The van der Waals surface area contributed by atoms with E-state index in [1.54, 1.807) is 0 Å². The number of carboxylic acid groups (broad SMARTS) is 1. The Balaban J connectivity index is 2.61. The fraction of sp³-hybridized carbons (Fsp3) is 0.562. The van der Waals surface area contributed by atoms with Gasteiger partial charge in [-0.3, -0.25) is 9.69 Å². The topological polar surface area (TPSA) is 40.5 Å². The molecule has 1 aliphatic carbocycles. The van der Waals surface area contributed by atoms with Crippen LogP contribution in [0.2, 0.25) is 0 Å². The lowest BCUT2D eigenvalue weighted by molar-refractivity contribution is -0.140. The Labute approximate surface area is 115 Å². The second-order valence-electron chi connectivity index (χ2n) is 6.43. The van der Waals surface area contributed by atoms with Crippen molar-refractivity contribution in [1.82, 2.24) is 4.90 Å². The van der Waals surface area contributed by atoms with Crippen molar-refractivity contribution in [2.45, 2.75) is 44.1 Å². The van der Waals surface area contributed by atoms with E-state index in [0.717, 1.165) is 12.8 Å². The number of carboxylic acids is 1. The third kappa shape index (κ3) is 2.27. The highest BCUT2D eigenvalue weighted by atomic mass is 16.4. The summed E-state index contributed by atoms with van der Waals surface area (Å²) in [6.07, 6.45) is 2.05. The minimum Gasteiger partial charge on any atom is -0.481 e. The third-order valence-electron chi connectivity index (χ3n) is 4.62. The van der Waals surface area contributed by atoms with Crippen LogP contribution in [0.15, 0.2) is 24.3 Å². The van der Waals surface area contributed by atoms with Crippen LogP contribution in [0, 0.1) is 0 Å². The quantitative estimate of drug-likeness (QED) is 0.909. The second-order valence-corrected chi connectivity index (χ2v) is 6.43. The molecule has 1 aliphatic rings. The van der Waals surface area contributed by atoms with Gasteiger partial charge in [0, 0.05) is 0 Å². The molecule has 0 radical (unpaired) electrons. The number of nitrogens with zero attached hydrogens (tertiary/aromatic N) is 1. The summed E-state index contributed by atoms with van der Waals surface area (Å²) in [6, 6.07) is 8.31. The zero-order chi connectivity index (χ0) is 14.3. The van der Waals surface area contributed by atoms with Crippen LogP contribution in [-0.2, 0) is 15.7 Å². The zero-order valence-corrected chi connectivity index (χ0v) is 12.2. The second kappa shape index (κ2) is 4.64. The Morgan fingerprint density at radius 2 is 1.79 bits per heavy atom. The molecule has 0 amide bonds. The van der Waals surface area contributed by atoms with Crippen molar-refractivity contribution >= 4 is 5.97 Å². The molecule has 19 heavy (non-hydrogen) atoms. The Bertz CT molecular complexity index is 493. The van der Waals surface area contributed by atoms with E-state index >= 15 is 0 Å². The number of hydrogen-bond donors (Lipinski definition) is 1. The molecule has 1 aromatic carbocycles. The standard InChI is InChI=1S/C16H23NO2/c1-15(2)9-10-16(17(3)4,11-14(18)19)13-8-6-5-7-12(13)15/h5-8H,9-11H2,1-4H3,(H,18,19). The van der Waals surface area contributed by atoms with Gasteiger partial charge in [0.2, 0.25) is 0 Å². The molecule has 0 saturated heterocycles. The molecule has 0 saturated carbocycles. The number of hydrogen-bond acceptors (Lipinski definition) is 2. The summed E-state index contributed by atoms with van der Waals surface area (Å²) < 4.78 is 0. The summed E-state index contributed by atoms with van der Waals surface area (Å²) >= 11 is 0. The minimum absolute atomic E-state index is 0.120. The Morgan fingerprint density at radius 1 is 1.21 bits per heavy atom. The molecular weight excluding hydrogens is 238 g/mol. The summed E-state index contributed by atoms with van der Waals surface area (Å²) in [5.74, 6) is -0.733. The van der Waals surface area contributed by atoms with Crippen molar-refractivity contribution in [1.29, 1.82) is 0 Å². The lowest BCUT2D eigenvalue weighted by Crippen LogP contribution is -2.48. The van der Waals surface area contributed by atoms with Gasteiger partial charge in [-0.05, 0) is 43.5 Å². The molecule has 3 nitrogen and oxygen atoms in total. The summed E-state index contributed by atoms with van der Waals surface area (Å²) in [6.45, 7) is 4.48. The summed E-state index contributed by atoms with van der Waals surface area (Å²) in [7, 11) is 3.97. The number of carbonyl (C=O) groups is 1. The Morgan fingerprint density at radius 3 is 2.32 bits per heavy atom. The van der Waals surface area contributed by atoms with E-state index in [9.17, 15) is 9.90 Å². The predicted octanol–water partition coefficient (Wildman–Crippen LogP) is 2.99. The van der Waals surface area contributed by atoms with Gasteiger partial charge in [-0.2, -0.15) is 0 Å². The van der Waals surface area contributed by atoms with Gasteiger partial charge in [-0.25, -0.2) is 0 Å². The first-order valence-corrected chi connectivity index (χ1v) is 6.79. The van der Waals surface area contributed by atoms with Crippen molar-refractivity contribution in [3.8, 4) is 0 Å². The molecule has 0 heterocycles. The van der Waals surface area contributed by atoms with Crippen molar-refractivity contribution in [3.05, 3.63) is 35.4 Å². The average molecular weight is 261 g/mol. The fourth-order valence-electron chi connectivity index (χ4n) is 3.32. The van der Waals surface area contributed by atoms with Crippen LogP contribution in [-0.4, -0.2) is 30.1 Å². The molecule has 1 atom stereocenters.